The van der Waals surface area contributed by atoms with E-state index in [2.05, 4.69) is 43.6 Å². The maximum absolute atomic E-state index is 12.4. The summed E-state index contributed by atoms with van der Waals surface area (Å²) in [7, 11) is 0. The van der Waals surface area contributed by atoms with E-state index in [-0.39, 0.29) is 16.7 Å². The van der Waals surface area contributed by atoms with Gasteiger partial charge in [0.15, 0.2) is 0 Å². The number of benzene rings is 1. The highest BCUT2D eigenvalue weighted by atomic mass is 79.9. The number of Topliss-reactive ketones (excluding diaryl/α,β-unsaturated/α-hetero) is 1. The van der Waals surface area contributed by atoms with Gasteiger partial charge in [0, 0.05) is 21.8 Å². The minimum atomic E-state index is 0.103. The first-order valence-corrected chi connectivity index (χ1v) is 7.31. The van der Waals surface area contributed by atoms with Crippen LogP contribution >= 0.6 is 27.5 Å². The predicted octanol–water partition coefficient (Wildman–Crippen LogP) is 4.90. The summed E-state index contributed by atoms with van der Waals surface area (Å²) < 4.78 is 0.941. The lowest BCUT2D eigenvalue weighted by atomic mass is 10.0. The van der Waals surface area contributed by atoms with Crippen molar-refractivity contribution in [1.29, 1.82) is 0 Å². The SMILES string of the molecule is CC1(C)C(C(=O)Cc2ccc(Br)cc2Cl)C1(C)C. The zero-order valence-corrected chi connectivity index (χ0v) is 13.5. The van der Waals surface area contributed by atoms with Gasteiger partial charge in [-0.05, 0) is 28.5 Å². The molecule has 1 aromatic rings. The van der Waals surface area contributed by atoms with Gasteiger partial charge in [-0.2, -0.15) is 0 Å². The van der Waals surface area contributed by atoms with E-state index in [1.54, 1.807) is 0 Å². The van der Waals surface area contributed by atoms with Crippen molar-refractivity contribution in [2.75, 3.05) is 0 Å². The normalized spacial score (nSPS) is 20.8. The third-order valence-corrected chi connectivity index (χ3v) is 5.57. The zero-order valence-electron chi connectivity index (χ0n) is 11.2. The van der Waals surface area contributed by atoms with Gasteiger partial charge in [0.1, 0.15) is 5.78 Å². The molecule has 1 aliphatic rings. The van der Waals surface area contributed by atoms with Crippen molar-refractivity contribution in [2.45, 2.75) is 34.1 Å². The Morgan fingerprint density at radius 3 is 2.28 bits per heavy atom. The molecule has 1 saturated carbocycles. The van der Waals surface area contributed by atoms with E-state index in [0.717, 1.165) is 10.0 Å². The van der Waals surface area contributed by atoms with Gasteiger partial charge in [0.25, 0.3) is 0 Å². The minimum absolute atomic E-state index is 0.103. The number of carbonyl (C=O) groups is 1. The van der Waals surface area contributed by atoms with Gasteiger partial charge in [-0.3, -0.25) is 4.79 Å². The first-order valence-electron chi connectivity index (χ1n) is 6.14. The summed E-state index contributed by atoms with van der Waals surface area (Å²) in [4.78, 5) is 12.4. The Balaban J connectivity index is 2.14. The second-order valence-corrected chi connectivity index (χ2v) is 7.58. The first-order chi connectivity index (χ1) is 8.18. The van der Waals surface area contributed by atoms with Gasteiger partial charge in [-0.25, -0.2) is 0 Å². The summed E-state index contributed by atoms with van der Waals surface area (Å²) in [5, 5.41) is 0.661. The van der Waals surface area contributed by atoms with Crippen LogP contribution in [-0.2, 0) is 11.2 Å². The summed E-state index contributed by atoms with van der Waals surface area (Å²) in [6.45, 7) is 8.66. The Morgan fingerprint density at radius 2 is 1.83 bits per heavy atom. The second kappa shape index (κ2) is 4.35. The molecule has 1 fully saturated rings. The van der Waals surface area contributed by atoms with Gasteiger partial charge in [0.2, 0.25) is 0 Å². The number of carbonyl (C=O) groups excluding carboxylic acids is 1. The van der Waals surface area contributed by atoms with Crippen molar-refractivity contribution in [1.82, 2.24) is 0 Å². The number of halogens is 2. The van der Waals surface area contributed by atoms with Gasteiger partial charge >= 0.3 is 0 Å². The van der Waals surface area contributed by atoms with Crippen molar-refractivity contribution < 1.29 is 4.79 Å². The van der Waals surface area contributed by atoms with E-state index in [9.17, 15) is 4.79 Å². The van der Waals surface area contributed by atoms with Crippen LogP contribution in [0.15, 0.2) is 22.7 Å². The summed E-state index contributed by atoms with van der Waals surface area (Å²) >= 11 is 9.53. The van der Waals surface area contributed by atoms with Crippen LogP contribution in [-0.4, -0.2) is 5.78 Å². The Bertz CT molecular complexity index is 491. The molecule has 0 saturated heterocycles. The zero-order chi connectivity index (χ0) is 13.7. The molecule has 0 aromatic heterocycles. The molecule has 1 aliphatic carbocycles. The molecule has 1 nitrogen and oxygen atoms in total. The number of ketones is 1. The van der Waals surface area contributed by atoms with Crippen molar-refractivity contribution >= 4 is 33.3 Å². The molecule has 18 heavy (non-hydrogen) atoms. The molecule has 2 rings (SSSR count). The summed E-state index contributed by atoms with van der Waals surface area (Å²) in [5.74, 6) is 0.443. The maximum Gasteiger partial charge on any atom is 0.141 e. The molecular weight excluding hydrogens is 312 g/mol. The molecule has 0 heterocycles. The summed E-state index contributed by atoms with van der Waals surface area (Å²) in [6, 6.07) is 5.69. The molecule has 1 aromatic carbocycles. The monoisotopic (exact) mass is 328 g/mol. The van der Waals surface area contributed by atoms with Crippen LogP contribution in [0.5, 0.6) is 0 Å². The minimum Gasteiger partial charge on any atom is -0.299 e. The Hall–Kier alpha value is -0.340. The van der Waals surface area contributed by atoms with Crippen LogP contribution in [0, 0.1) is 16.7 Å². The topological polar surface area (TPSA) is 17.1 Å². The van der Waals surface area contributed by atoms with Crippen molar-refractivity contribution in [3.8, 4) is 0 Å². The molecule has 3 heteroatoms. The lowest BCUT2D eigenvalue weighted by Gasteiger charge is -2.05. The molecule has 0 radical (unpaired) electrons. The van der Waals surface area contributed by atoms with Crippen LogP contribution < -0.4 is 0 Å². The Labute approximate surface area is 122 Å². The van der Waals surface area contributed by atoms with Crippen LogP contribution in [0.1, 0.15) is 33.3 Å². The second-order valence-electron chi connectivity index (χ2n) is 6.26. The van der Waals surface area contributed by atoms with E-state index < -0.39 is 0 Å². The van der Waals surface area contributed by atoms with E-state index in [4.69, 9.17) is 11.6 Å². The third-order valence-electron chi connectivity index (χ3n) is 4.72. The number of rotatable bonds is 3. The van der Waals surface area contributed by atoms with Crippen molar-refractivity contribution in [3.63, 3.8) is 0 Å². The largest absolute Gasteiger partial charge is 0.299 e. The van der Waals surface area contributed by atoms with E-state index in [1.165, 1.54) is 0 Å². The molecule has 0 N–H and O–H groups in total. The predicted molar refractivity (Wildman–Crippen MR) is 78.9 cm³/mol. The molecule has 0 amide bonds. The fraction of sp³-hybridized carbons (Fsp3) is 0.533. The molecule has 0 unspecified atom stereocenters. The average Bonchev–Trinajstić information content (AvgIpc) is 2.62. The molecule has 0 bridgehead atoms. The highest BCUT2D eigenvalue weighted by Gasteiger charge is 2.67. The molecule has 0 atom stereocenters. The van der Waals surface area contributed by atoms with Crippen LogP contribution in [0.2, 0.25) is 5.02 Å². The van der Waals surface area contributed by atoms with Crippen LogP contribution in [0.3, 0.4) is 0 Å². The lowest BCUT2D eigenvalue weighted by Crippen LogP contribution is -2.10. The fourth-order valence-electron chi connectivity index (χ4n) is 2.96. The Morgan fingerprint density at radius 1 is 1.28 bits per heavy atom. The standard InChI is InChI=1S/C15H18BrClO/c1-14(2)13(15(14,3)4)12(18)7-9-5-6-10(16)8-11(9)17/h5-6,8,13H,7H2,1-4H3. The van der Waals surface area contributed by atoms with Crippen molar-refractivity contribution in [3.05, 3.63) is 33.3 Å². The Kier molecular flexibility index (Phi) is 3.40. The van der Waals surface area contributed by atoms with Gasteiger partial charge in [0.05, 0.1) is 0 Å². The maximum atomic E-state index is 12.4. The fourth-order valence-corrected chi connectivity index (χ4v) is 3.70. The van der Waals surface area contributed by atoms with Gasteiger partial charge < -0.3 is 0 Å². The van der Waals surface area contributed by atoms with E-state index >= 15 is 0 Å². The quantitative estimate of drug-likeness (QED) is 0.771. The van der Waals surface area contributed by atoms with Gasteiger partial charge in [-0.15, -0.1) is 0 Å². The summed E-state index contributed by atoms with van der Waals surface area (Å²) in [6.07, 6.45) is 0.434. The summed E-state index contributed by atoms with van der Waals surface area (Å²) in [5.41, 5.74) is 1.13. The average molecular weight is 330 g/mol. The van der Waals surface area contributed by atoms with Gasteiger partial charge in [-0.1, -0.05) is 61.3 Å². The van der Waals surface area contributed by atoms with Crippen LogP contribution in [0.4, 0.5) is 0 Å². The highest BCUT2D eigenvalue weighted by molar-refractivity contribution is 9.10. The smallest absolute Gasteiger partial charge is 0.141 e. The molecule has 98 valence electrons. The number of hydrogen-bond donors (Lipinski definition) is 0. The third kappa shape index (κ3) is 2.14. The molecule has 0 spiro atoms. The lowest BCUT2D eigenvalue weighted by molar-refractivity contribution is -0.120. The van der Waals surface area contributed by atoms with Crippen molar-refractivity contribution in [2.24, 2.45) is 16.7 Å². The van der Waals surface area contributed by atoms with Crippen LogP contribution in [0.25, 0.3) is 0 Å². The molecular formula is C15H18BrClO. The van der Waals surface area contributed by atoms with E-state index in [0.29, 0.717) is 17.2 Å². The van der Waals surface area contributed by atoms with E-state index in [1.807, 2.05) is 18.2 Å². The molecule has 0 aliphatic heterocycles. The highest BCUT2D eigenvalue weighted by Crippen LogP contribution is 2.68. The first kappa shape index (κ1) is 14.1. The number of hydrogen-bond acceptors (Lipinski definition) is 1.